The van der Waals surface area contributed by atoms with Gasteiger partial charge in [0.25, 0.3) is 0 Å². The third-order valence-electron chi connectivity index (χ3n) is 9.44. The van der Waals surface area contributed by atoms with Crippen molar-refractivity contribution in [2.45, 2.75) is 44.4 Å². The van der Waals surface area contributed by atoms with Gasteiger partial charge in [-0.25, -0.2) is 14.0 Å². The number of hydrogen-bond donors (Lipinski definition) is 1. The predicted molar refractivity (Wildman–Crippen MR) is 186 cm³/mol. The van der Waals surface area contributed by atoms with Crippen molar-refractivity contribution in [3.63, 3.8) is 0 Å². The second kappa shape index (κ2) is 15.9. The van der Waals surface area contributed by atoms with Gasteiger partial charge in [-0.2, -0.15) is 13.5 Å². The fourth-order valence-electron chi connectivity index (χ4n) is 6.88. The lowest BCUT2D eigenvalue weighted by Gasteiger charge is -2.44. The fourth-order valence-corrected chi connectivity index (χ4v) is 7.48. The van der Waals surface area contributed by atoms with Crippen LogP contribution in [0.5, 0.6) is 11.5 Å². The summed E-state index contributed by atoms with van der Waals surface area (Å²) in [5.74, 6) is -4.22. The van der Waals surface area contributed by atoms with E-state index in [-0.39, 0.29) is 56.9 Å². The molecule has 3 saturated heterocycles. The molecule has 3 aliphatic heterocycles. The second-order valence-corrected chi connectivity index (χ2v) is 13.4. The topological polar surface area (TPSA) is 115 Å². The van der Waals surface area contributed by atoms with Crippen molar-refractivity contribution >= 4 is 41.0 Å². The maximum atomic E-state index is 15.3. The van der Waals surface area contributed by atoms with Gasteiger partial charge >= 0.3 is 18.7 Å². The molecule has 1 N–H and O–H groups in total. The molecule has 1 amide bonds. The summed E-state index contributed by atoms with van der Waals surface area (Å²) in [6.45, 7) is -1.27. The van der Waals surface area contributed by atoms with Crippen LogP contribution in [0.2, 0.25) is 10.0 Å². The Kier molecular flexibility index (Phi) is 10.1. The van der Waals surface area contributed by atoms with Gasteiger partial charge in [0.05, 0.1) is 28.9 Å². The molecule has 7 rings (SSSR count). The molecule has 0 unspecified atom stereocenters. The van der Waals surface area contributed by atoms with Gasteiger partial charge in [-0.05, 0) is 85.3 Å². The van der Waals surface area contributed by atoms with Crippen LogP contribution in [0.15, 0.2) is 73.1 Å². The number of carbonyl (C=O) groups excluding carboxylic acids is 1. The van der Waals surface area contributed by atoms with Crippen molar-refractivity contribution in [3.8, 4) is 11.5 Å². The normalized spacial score (nSPS) is 19.7. The monoisotopic (exact) mass is 762 g/mol. The molecule has 4 aromatic rings. The fraction of sp³-hybridized carbons (Fsp3) is 0.324. The zero-order chi connectivity index (χ0) is 39.6. The molecule has 274 valence electrons. The Balaban J connectivity index is 1.46. The zero-order valence-corrected chi connectivity index (χ0v) is 28.8. The minimum absolute atomic E-state index is 0.0796. The summed E-state index contributed by atoms with van der Waals surface area (Å²) in [6.07, 6.45) is 2.36. The average Bonchev–Trinajstić information content (AvgIpc) is 3.11. The van der Waals surface area contributed by atoms with E-state index in [1.807, 2.05) is 0 Å². The van der Waals surface area contributed by atoms with Crippen LogP contribution < -0.4 is 19.1 Å². The first-order valence-corrected chi connectivity index (χ1v) is 17.0. The molecule has 3 aliphatic rings. The Morgan fingerprint density at radius 1 is 1.08 bits per heavy atom. The van der Waals surface area contributed by atoms with Crippen molar-refractivity contribution < 1.29 is 50.9 Å². The van der Waals surface area contributed by atoms with Gasteiger partial charge in [0.2, 0.25) is 0 Å². The van der Waals surface area contributed by atoms with Gasteiger partial charge in [-0.3, -0.25) is 9.80 Å². The number of nitrogens with zero attached hydrogens (tertiary/aromatic N) is 3. The summed E-state index contributed by atoms with van der Waals surface area (Å²) >= 11 is 12.9. The first-order valence-electron chi connectivity index (χ1n) is 17.7. The van der Waals surface area contributed by atoms with Crippen LogP contribution >= 0.6 is 23.2 Å². The van der Waals surface area contributed by atoms with Gasteiger partial charge in [-0.15, -0.1) is 0 Å². The van der Waals surface area contributed by atoms with Crippen molar-refractivity contribution in [2.24, 2.45) is 5.92 Å². The number of anilines is 1. The van der Waals surface area contributed by atoms with Gasteiger partial charge in [0.15, 0.2) is 23.9 Å². The predicted octanol–water partition coefficient (Wildman–Crippen LogP) is 7.69. The van der Waals surface area contributed by atoms with Crippen LogP contribution in [0.4, 0.5) is 23.7 Å². The average molecular weight is 764 g/mol. The number of para-hydroxylation sites is 1. The van der Waals surface area contributed by atoms with E-state index < -0.39 is 55.1 Å². The number of pyridine rings is 1. The molecular formula is C37H34Cl2F3N3O7. The number of ether oxygens (including phenoxy) is 3. The lowest BCUT2D eigenvalue weighted by Crippen LogP contribution is -2.53. The Hall–Kier alpha value is -4.72. The number of benzene rings is 3. The first kappa shape index (κ1) is 33.1. The number of aromatic nitrogens is 1. The lowest BCUT2D eigenvalue weighted by molar-refractivity contribution is -0.605. The molecule has 1 aromatic heterocycles. The van der Waals surface area contributed by atoms with E-state index >= 15 is 4.39 Å². The number of methoxy groups -OCH3 is 1. The number of carboxylic acid groups (broad SMARTS) is 1. The Morgan fingerprint density at radius 2 is 1.81 bits per heavy atom. The highest BCUT2D eigenvalue weighted by Gasteiger charge is 2.38. The zero-order valence-electron chi connectivity index (χ0n) is 30.3. The summed E-state index contributed by atoms with van der Waals surface area (Å²) in [5.41, 5.74) is 0.441. The van der Waals surface area contributed by atoms with E-state index in [4.69, 9.17) is 36.8 Å². The number of carboxylic acids is 1. The van der Waals surface area contributed by atoms with E-state index in [9.17, 15) is 28.7 Å². The van der Waals surface area contributed by atoms with Crippen LogP contribution in [-0.2, 0) is 17.7 Å². The van der Waals surface area contributed by atoms with Crippen LogP contribution in [-0.4, -0.2) is 61.5 Å². The van der Waals surface area contributed by atoms with E-state index in [1.165, 1.54) is 42.5 Å². The van der Waals surface area contributed by atoms with Crippen LogP contribution in [0, 0.1) is 16.9 Å². The molecule has 2 atom stereocenters. The molecule has 0 saturated carbocycles. The Bertz CT molecular complexity index is 2050. The Labute approximate surface area is 311 Å². The molecule has 4 heterocycles. The third kappa shape index (κ3) is 8.16. The van der Waals surface area contributed by atoms with Crippen molar-refractivity contribution in [3.05, 3.63) is 122 Å². The third-order valence-corrected chi connectivity index (χ3v) is 10.1. The second-order valence-electron chi connectivity index (χ2n) is 12.6. The van der Waals surface area contributed by atoms with Gasteiger partial charge < -0.3 is 24.5 Å². The number of halogens is 5. The van der Waals surface area contributed by atoms with Crippen molar-refractivity contribution in [1.29, 1.82) is 0 Å². The highest BCUT2D eigenvalue weighted by molar-refractivity contribution is 6.35. The molecule has 15 heteroatoms. The molecule has 3 fully saturated rings. The lowest BCUT2D eigenvalue weighted by atomic mass is 9.82. The van der Waals surface area contributed by atoms with Crippen LogP contribution in [0.3, 0.4) is 0 Å². The van der Waals surface area contributed by atoms with E-state index in [2.05, 4.69) is 9.64 Å². The maximum Gasteiger partial charge on any atom is 0.415 e. The van der Waals surface area contributed by atoms with Gasteiger partial charge in [-0.1, -0.05) is 53.5 Å². The maximum absolute atomic E-state index is 15.3. The first-order chi connectivity index (χ1) is 26.1. The number of carbonyl (C=O) groups is 2. The minimum atomic E-state index is -3.34. The molecule has 0 aliphatic carbocycles. The summed E-state index contributed by atoms with van der Waals surface area (Å²) in [4.78, 5) is 30.0. The van der Waals surface area contributed by atoms with E-state index in [0.29, 0.717) is 16.8 Å². The number of piperidine rings is 3. The van der Waals surface area contributed by atoms with Crippen LogP contribution in [0.1, 0.15) is 55.5 Å². The highest BCUT2D eigenvalue weighted by Crippen LogP contribution is 2.40. The number of fused-ring (bicyclic) bond motifs is 3. The standard InChI is InChI=1S/C37H34Cl2F3N3O7/c1-50-33-15-23(7-9-32(33)51-36(41)42)25(16-27-28(38)18-44(49)19-29(27)39)26-14-21(6-8-24(26)35(46)47)17-45(31-5-3-2-4-30(31)40)37(48)52-34-20-43-12-10-22(34)11-13-43/h2-9,14-15,18-19,22,25,34,36H,10-13,16-17,20H2,1H3,(H,46,47)/t25-,34-/m0/s1/i1D3. The minimum Gasteiger partial charge on any atom is -0.619 e. The van der Waals surface area contributed by atoms with E-state index in [0.717, 1.165) is 55.4 Å². The number of aromatic carboxylic acids is 1. The summed E-state index contributed by atoms with van der Waals surface area (Å²) in [7, 11) is -3.10. The molecule has 3 aromatic carbocycles. The van der Waals surface area contributed by atoms with E-state index in [1.54, 1.807) is 6.07 Å². The number of alkyl halides is 2. The number of rotatable bonds is 12. The molecule has 0 radical (unpaired) electrons. The molecular weight excluding hydrogens is 726 g/mol. The summed E-state index contributed by atoms with van der Waals surface area (Å²) < 4.78 is 80.7. The summed E-state index contributed by atoms with van der Waals surface area (Å²) in [5, 5.41) is 22.3. The smallest absolute Gasteiger partial charge is 0.415 e. The largest absolute Gasteiger partial charge is 0.619 e. The van der Waals surface area contributed by atoms with Crippen molar-refractivity contribution in [1.82, 2.24) is 4.90 Å². The quantitative estimate of drug-likeness (QED) is 0.116. The SMILES string of the molecule is [2H]C([2H])([2H])Oc1cc([C@H](Cc2c(Cl)c[n+]([O-])cc2Cl)c2cc(CN(C(=O)O[C@H]3CN4CCC3CC4)c3ccccc3F)ccc2C(=O)O)ccc1OC(F)F. The molecule has 0 spiro atoms. The molecule has 2 bridgehead atoms. The molecule has 52 heavy (non-hydrogen) atoms. The highest BCUT2D eigenvalue weighted by atomic mass is 35.5. The number of hydrogen-bond acceptors (Lipinski definition) is 7. The van der Waals surface area contributed by atoms with Crippen molar-refractivity contribution in [2.75, 3.05) is 31.6 Å². The molecule has 10 nitrogen and oxygen atoms in total. The van der Waals surface area contributed by atoms with Crippen LogP contribution in [0.25, 0.3) is 0 Å². The van der Waals surface area contributed by atoms with Gasteiger partial charge in [0, 0.05) is 18.0 Å². The number of amides is 1. The Morgan fingerprint density at radius 3 is 2.44 bits per heavy atom. The summed E-state index contributed by atoms with van der Waals surface area (Å²) in [6, 6.07) is 13.3. The van der Waals surface area contributed by atoms with Gasteiger partial charge in [0.1, 0.15) is 22.0 Å².